The zero-order valence-electron chi connectivity index (χ0n) is 8.29. The molecule has 1 fully saturated rings. The Bertz CT molecular complexity index is 188. The Kier molecular flexibility index (Phi) is 2.96. The summed E-state index contributed by atoms with van der Waals surface area (Å²) in [6.45, 7) is 3.66. The highest BCUT2D eigenvalue weighted by molar-refractivity contribution is 5.78. The fourth-order valence-corrected chi connectivity index (χ4v) is 2.25. The largest absolute Gasteiger partial charge is 0.479 e. The number of hydrogen-bond acceptors (Lipinski definition) is 2. The maximum atomic E-state index is 11.0. The number of carboxylic acid groups (broad SMARTS) is 1. The zero-order valence-corrected chi connectivity index (χ0v) is 8.29. The van der Waals surface area contributed by atoms with Gasteiger partial charge in [-0.1, -0.05) is 26.7 Å². The van der Waals surface area contributed by atoms with Crippen molar-refractivity contribution in [2.24, 2.45) is 11.8 Å². The first-order chi connectivity index (χ1) is 5.99. The van der Waals surface area contributed by atoms with Crippen LogP contribution in [0.3, 0.4) is 0 Å². The molecule has 1 aliphatic carbocycles. The van der Waals surface area contributed by atoms with Gasteiger partial charge < -0.3 is 10.2 Å². The van der Waals surface area contributed by atoms with E-state index in [4.69, 9.17) is 5.11 Å². The molecule has 0 aromatic rings. The molecule has 13 heavy (non-hydrogen) atoms. The summed E-state index contributed by atoms with van der Waals surface area (Å²) in [4.78, 5) is 11.0. The molecule has 1 rings (SSSR count). The Hall–Kier alpha value is -0.570. The molecule has 0 amide bonds. The van der Waals surface area contributed by atoms with Crippen molar-refractivity contribution in [3.05, 3.63) is 0 Å². The lowest BCUT2D eigenvalue weighted by molar-refractivity contribution is -0.171. The second kappa shape index (κ2) is 3.66. The van der Waals surface area contributed by atoms with Crippen molar-refractivity contribution in [3.63, 3.8) is 0 Å². The molecule has 0 aliphatic heterocycles. The van der Waals surface area contributed by atoms with E-state index in [1.165, 1.54) is 0 Å². The fourth-order valence-electron chi connectivity index (χ4n) is 2.25. The third kappa shape index (κ3) is 1.70. The monoisotopic (exact) mass is 186 g/mol. The van der Waals surface area contributed by atoms with Crippen LogP contribution in [0.1, 0.15) is 39.5 Å². The van der Waals surface area contributed by atoms with Crippen LogP contribution in [0, 0.1) is 11.8 Å². The number of aliphatic hydroxyl groups is 1. The van der Waals surface area contributed by atoms with Gasteiger partial charge in [-0.3, -0.25) is 0 Å². The molecule has 1 aliphatic rings. The van der Waals surface area contributed by atoms with Crippen LogP contribution >= 0.6 is 0 Å². The van der Waals surface area contributed by atoms with Crippen LogP contribution in [-0.2, 0) is 4.79 Å². The van der Waals surface area contributed by atoms with Gasteiger partial charge in [0.15, 0.2) is 5.60 Å². The van der Waals surface area contributed by atoms with Crippen molar-refractivity contribution in [1.29, 1.82) is 0 Å². The molecule has 0 heterocycles. The van der Waals surface area contributed by atoms with Crippen molar-refractivity contribution in [1.82, 2.24) is 0 Å². The molecule has 0 aromatic carbocycles. The van der Waals surface area contributed by atoms with E-state index in [9.17, 15) is 9.90 Å². The number of carboxylic acids is 1. The molecule has 0 spiro atoms. The van der Waals surface area contributed by atoms with E-state index in [0.29, 0.717) is 0 Å². The summed E-state index contributed by atoms with van der Waals surface area (Å²) in [5.74, 6) is -1.33. The predicted octanol–water partition coefficient (Wildman–Crippen LogP) is 1.65. The Morgan fingerprint density at radius 3 is 1.92 bits per heavy atom. The topological polar surface area (TPSA) is 57.5 Å². The van der Waals surface area contributed by atoms with E-state index in [0.717, 1.165) is 25.7 Å². The minimum absolute atomic E-state index is 0.137. The van der Waals surface area contributed by atoms with Crippen molar-refractivity contribution < 1.29 is 15.0 Å². The van der Waals surface area contributed by atoms with Gasteiger partial charge in [-0.15, -0.1) is 0 Å². The van der Waals surface area contributed by atoms with Crippen LogP contribution in [0.15, 0.2) is 0 Å². The normalized spacial score (nSPS) is 41.2. The lowest BCUT2D eigenvalue weighted by Crippen LogP contribution is -2.49. The van der Waals surface area contributed by atoms with Crippen molar-refractivity contribution in [2.45, 2.75) is 45.1 Å². The first-order valence-electron chi connectivity index (χ1n) is 4.95. The van der Waals surface area contributed by atoms with E-state index in [2.05, 4.69) is 0 Å². The third-order valence-electron chi connectivity index (χ3n) is 3.37. The average molecular weight is 186 g/mol. The van der Waals surface area contributed by atoms with E-state index in [-0.39, 0.29) is 11.8 Å². The molecule has 2 N–H and O–H groups in total. The smallest absolute Gasteiger partial charge is 0.336 e. The first kappa shape index (κ1) is 10.5. The third-order valence-corrected chi connectivity index (χ3v) is 3.37. The SMILES string of the molecule is CC1CCCCC(C)C1(O)C(=O)O. The van der Waals surface area contributed by atoms with Crippen LogP contribution in [0.25, 0.3) is 0 Å². The number of carbonyl (C=O) groups is 1. The van der Waals surface area contributed by atoms with Crippen LogP contribution in [0.5, 0.6) is 0 Å². The second-order valence-corrected chi connectivity index (χ2v) is 4.22. The Morgan fingerprint density at radius 2 is 1.62 bits per heavy atom. The molecular formula is C10H18O3. The van der Waals surface area contributed by atoms with Gasteiger partial charge in [0.05, 0.1) is 0 Å². The van der Waals surface area contributed by atoms with Crippen LogP contribution in [-0.4, -0.2) is 21.8 Å². The summed E-state index contributed by atoms with van der Waals surface area (Å²) in [6.07, 6.45) is 3.68. The van der Waals surface area contributed by atoms with Gasteiger partial charge >= 0.3 is 5.97 Å². The molecule has 1 saturated carbocycles. The van der Waals surface area contributed by atoms with Gasteiger partial charge in [0.1, 0.15) is 0 Å². The van der Waals surface area contributed by atoms with Crippen LogP contribution in [0.2, 0.25) is 0 Å². The number of aliphatic carboxylic acids is 1. The molecule has 0 saturated heterocycles. The molecule has 0 bridgehead atoms. The van der Waals surface area contributed by atoms with Crippen LogP contribution < -0.4 is 0 Å². The van der Waals surface area contributed by atoms with Crippen molar-refractivity contribution in [3.8, 4) is 0 Å². The van der Waals surface area contributed by atoms with E-state index < -0.39 is 11.6 Å². The summed E-state index contributed by atoms with van der Waals surface area (Å²) >= 11 is 0. The minimum Gasteiger partial charge on any atom is -0.479 e. The molecule has 76 valence electrons. The summed E-state index contributed by atoms with van der Waals surface area (Å²) in [6, 6.07) is 0. The maximum absolute atomic E-state index is 11.0. The molecule has 3 heteroatoms. The van der Waals surface area contributed by atoms with Crippen LogP contribution in [0.4, 0.5) is 0 Å². The Labute approximate surface area is 78.8 Å². The van der Waals surface area contributed by atoms with Gasteiger partial charge in [-0.25, -0.2) is 4.79 Å². The van der Waals surface area contributed by atoms with Gasteiger partial charge in [0, 0.05) is 0 Å². The number of hydrogen-bond donors (Lipinski definition) is 2. The molecule has 3 nitrogen and oxygen atoms in total. The minimum atomic E-state index is -1.50. The number of rotatable bonds is 1. The van der Waals surface area contributed by atoms with Crippen molar-refractivity contribution in [2.75, 3.05) is 0 Å². The summed E-state index contributed by atoms with van der Waals surface area (Å²) in [7, 11) is 0. The molecule has 2 atom stereocenters. The van der Waals surface area contributed by atoms with Gasteiger partial charge in [-0.2, -0.15) is 0 Å². The predicted molar refractivity (Wildman–Crippen MR) is 49.4 cm³/mol. The summed E-state index contributed by atoms with van der Waals surface area (Å²) in [5.41, 5.74) is -1.50. The van der Waals surface area contributed by atoms with Gasteiger partial charge in [0.2, 0.25) is 0 Å². The molecule has 0 aromatic heterocycles. The van der Waals surface area contributed by atoms with Crippen molar-refractivity contribution >= 4 is 5.97 Å². The lowest BCUT2D eigenvalue weighted by atomic mass is 9.78. The van der Waals surface area contributed by atoms with E-state index in [1.807, 2.05) is 13.8 Å². The quantitative estimate of drug-likeness (QED) is 0.612. The first-order valence-corrected chi connectivity index (χ1v) is 4.95. The van der Waals surface area contributed by atoms with E-state index >= 15 is 0 Å². The van der Waals surface area contributed by atoms with E-state index in [1.54, 1.807) is 0 Å². The second-order valence-electron chi connectivity index (χ2n) is 4.22. The molecule has 2 unspecified atom stereocenters. The molecular weight excluding hydrogens is 168 g/mol. The molecule has 0 radical (unpaired) electrons. The zero-order chi connectivity index (χ0) is 10.1. The highest BCUT2D eigenvalue weighted by Crippen LogP contribution is 2.36. The summed E-state index contributed by atoms with van der Waals surface area (Å²) in [5, 5.41) is 19.1. The highest BCUT2D eigenvalue weighted by Gasteiger charge is 2.46. The maximum Gasteiger partial charge on any atom is 0.336 e. The Morgan fingerprint density at radius 1 is 1.23 bits per heavy atom. The van der Waals surface area contributed by atoms with Gasteiger partial charge in [-0.05, 0) is 24.7 Å². The summed E-state index contributed by atoms with van der Waals surface area (Å²) < 4.78 is 0. The van der Waals surface area contributed by atoms with Gasteiger partial charge in [0.25, 0.3) is 0 Å². The Balaban J connectivity index is 2.91. The highest BCUT2D eigenvalue weighted by atomic mass is 16.4. The lowest BCUT2D eigenvalue weighted by Gasteiger charge is -2.33. The fraction of sp³-hybridized carbons (Fsp3) is 0.900. The average Bonchev–Trinajstić information content (AvgIpc) is 2.19. The standard InChI is InChI=1S/C10H18O3/c1-7-5-3-4-6-8(2)10(7,13)9(11)12/h7-8,13H,3-6H2,1-2H3,(H,11,12).